The Morgan fingerprint density at radius 2 is 1.67 bits per heavy atom. The van der Waals surface area contributed by atoms with E-state index in [1.165, 1.54) is 24.3 Å². The van der Waals surface area contributed by atoms with Crippen LogP contribution in [-0.2, 0) is 12.6 Å². The van der Waals surface area contributed by atoms with Crippen LogP contribution in [0.25, 0.3) is 0 Å². The van der Waals surface area contributed by atoms with Crippen molar-refractivity contribution in [1.29, 1.82) is 0 Å². The molecule has 0 fully saturated rings. The molecule has 0 saturated carbocycles. The Bertz CT molecular complexity index is 617. The summed E-state index contributed by atoms with van der Waals surface area (Å²) >= 11 is 3.48. The first-order valence-corrected chi connectivity index (χ1v) is 7.25. The van der Waals surface area contributed by atoms with Crippen molar-refractivity contribution in [1.82, 2.24) is 0 Å². The quantitative estimate of drug-likeness (QED) is 0.477. The molecule has 2 aromatic carbocycles. The predicted molar refractivity (Wildman–Crippen MR) is 78.0 cm³/mol. The Hall–Kier alpha value is -1.36. The molecule has 0 heterocycles. The molecule has 2 aromatic rings. The maximum absolute atomic E-state index is 13.3. The highest BCUT2D eigenvalue weighted by Crippen LogP contribution is 2.32. The Kier molecular flexibility index (Phi) is 4.71. The van der Waals surface area contributed by atoms with Gasteiger partial charge >= 0.3 is 6.18 Å². The number of aryl methyl sites for hydroxylation is 1. The molecule has 2 rings (SSSR count). The van der Waals surface area contributed by atoms with E-state index in [1.807, 2.05) is 6.92 Å². The molecule has 21 heavy (non-hydrogen) atoms. The largest absolute Gasteiger partial charge is 0.416 e. The van der Waals surface area contributed by atoms with Gasteiger partial charge in [0.25, 0.3) is 0 Å². The zero-order valence-corrected chi connectivity index (χ0v) is 12.8. The van der Waals surface area contributed by atoms with Gasteiger partial charge in [-0.05, 0) is 54.3 Å². The van der Waals surface area contributed by atoms with Crippen LogP contribution in [0.4, 0.5) is 17.6 Å². The molecular weight excluding hydrogens is 348 g/mol. The number of halogens is 5. The topological polar surface area (TPSA) is 0 Å². The van der Waals surface area contributed by atoms with E-state index in [0.29, 0.717) is 6.42 Å². The number of hydrogen-bond donors (Lipinski definition) is 0. The minimum atomic E-state index is -4.33. The lowest BCUT2D eigenvalue weighted by atomic mass is 9.99. The second-order valence-corrected chi connectivity index (χ2v) is 5.97. The molecule has 0 aromatic heterocycles. The molecule has 0 aliphatic carbocycles. The van der Waals surface area contributed by atoms with Crippen LogP contribution in [0, 0.1) is 12.7 Å². The lowest BCUT2D eigenvalue weighted by Gasteiger charge is -2.14. The van der Waals surface area contributed by atoms with Gasteiger partial charge in [-0.15, -0.1) is 0 Å². The molecule has 0 aliphatic heterocycles. The fourth-order valence-corrected chi connectivity index (χ4v) is 2.96. The van der Waals surface area contributed by atoms with Crippen molar-refractivity contribution >= 4 is 15.9 Å². The highest BCUT2D eigenvalue weighted by molar-refractivity contribution is 9.09. The van der Waals surface area contributed by atoms with Crippen molar-refractivity contribution in [3.63, 3.8) is 0 Å². The molecule has 0 N–H and O–H groups in total. The summed E-state index contributed by atoms with van der Waals surface area (Å²) in [5, 5.41) is 0. The summed E-state index contributed by atoms with van der Waals surface area (Å²) in [5.41, 5.74) is 1.83. The van der Waals surface area contributed by atoms with Gasteiger partial charge in [-0.25, -0.2) is 4.39 Å². The average Bonchev–Trinajstić information content (AvgIpc) is 2.41. The van der Waals surface area contributed by atoms with Crippen LogP contribution < -0.4 is 0 Å². The number of hydrogen-bond acceptors (Lipinski definition) is 0. The first-order valence-electron chi connectivity index (χ1n) is 6.33. The molecule has 0 radical (unpaired) electrons. The van der Waals surface area contributed by atoms with Gasteiger partial charge in [0, 0.05) is 4.83 Å². The maximum Gasteiger partial charge on any atom is 0.416 e. The molecule has 0 nitrogen and oxygen atoms in total. The highest BCUT2D eigenvalue weighted by Gasteiger charge is 2.30. The highest BCUT2D eigenvalue weighted by atomic mass is 79.9. The van der Waals surface area contributed by atoms with E-state index in [4.69, 9.17) is 0 Å². The molecular formula is C16H13BrF4. The second-order valence-electron chi connectivity index (χ2n) is 4.87. The SMILES string of the molecule is Cc1ccc(F)cc1C(Br)Cc1ccc(C(F)(F)F)cc1. The smallest absolute Gasteiger partial charge is 0.207 e. The minimum absolute atomic E-state index is 0.148. The first-order chi connectivity index (χ1) is 9.77. The van der Waals surface area contributed by atoms with E-state index >= 15 is 0 Å². The fraction of sp³-hybridized carbons (Fsp3) is 0.250. The molecule has 0 bridgehead atoms. The summed E-state index contributed by atoms with van der Waals surface area (Å²) in [5.74, 6) is -0.326. The molecule has 1 atom stereocenters. The van der Waals surface area contributed by atoms with Crippen LogP contribution in [0.15, 0.2) is 42.5 Å². The molecule has 0 aliphatic rings. The van der Waals surface area contributed by atoms with Gasteiger partial charge in [0.15, 0.2) is 0 Å². The van der Waals surface area contributed by atoms with Crippen molar-refractivity contribution in [2.45, 2.75) is 24.3 Å². The van der Waals surface area contributed by atoms with E-state index in [9.17, 15) is 17.6 Å². The van der Waals surface area contributed by atoms with Gasteiger partial charge in [0.1, 0.15) is 5.82 Å². The summed E-state index contributed by atoms with van der Waals surface area (Å²) in [4.78, 5) is -0.148. The molecule has 1 unspecified atom stereocenters. The third-order valence-electron chi connectivity index (χ3n) is 3.27. The van der Waals surface area contributed by atoms with Crippen molar-refractivity contribution < 1.29 is 17.6 Å². The van der Waals surface area contributed by atoms with Gasteiger partial charge < -0.3 is 0 Å². The van der Waals surface area contributed by atoms with Gasteiger partial charge in [-0.2, -0.15) is 13.2 Å². The van der Waals surface area contributed by atoms with E-state index in [0.717, 1.165) is 28.8 Å². The summed E-state index contributed by atoms with van der Waals surface area (Å²) < 4.78 is 50.8. The van der Waals surface area contributed by atoms with E-state index < -0.39 is 11.7 Å². The maximum atomic E-state index is 13.3. The fourth-order valence-electron chi connectivity index (χ4n) is 2.10. The van der Waals surface area contributed by atoms with Gasteiger partial charge in [0.05, 0.1) is 5.56 Å². The lowest BCUT2D eigenvalue weighted by molar-refractivity contribution is -0.137. The summed E-state index contributed by atoms with van der Waals surface area (Å²) in [6.45, 7) is 1.87. The third kappa shape index (κ3) is 4.06. The first kappa shape index (κ1) is 16.0. The van der Waals surface area contributed by atoms with E-state index in [-0.39, 0.29) is 10.6 Å². The zero-order chi connectivity index (χ0) is 15.6. The third-order valence-corrected chi connectivity index (χ3v) is 4.09. The predicted octanol–water partition coefficient (Wildman–Crippen LogP) is 5.83. The number of alkyl halides is 4. The summed E-state index contributed by atoms with van der Waals surface area (Å²) in [6.07, 6.45) is -3.84. The van der Waals surface area contributed by atoms with Crippen LogP contribution in [-0.4, -0.2) is 0 Å². The summed E-state index contributed by atoms with van der Waals surface area (Å²) in [6, 6.07) is 9.54. The Morgan fingerprint density at radius 1 is 1.05 bits per heavy atom. The number of rotatable bonds is 3. The molecule has 0 saturated heterocycles. The van der Waals surface area contributed by atoms with E-state index in [1.54, 1.807) is 6.07 Å². The second kappa shape index (κ2) is 6.18. The molecule has 112 valence electrons. The van der Waals surface area contributed by atoms with Crippen LogP contribution in [0.1, 0.15) is 27.1 Å². The van der Waals surface area contributed by atoms with Crippen molar-refractivity contribution in [2.24, 2.45) is 0 Å². The molecule has 0 spiro atoms. The van der Waals surface area contributed by atoms with Crippen LogP contribution in [0.2, 0.25) is 0 Å². The van der Waals surface area contributed by atoms with Gasteiger partial charge in [-0.3, -0.25) is 0 Å². The Balaban J connectivity index is 2.16. The summed E-state index contributed by atoms with van der Waals surface area (Å²) in [7, 11) is 0. The lowest BCUT2D eigenvalue weighted by Crippen LogP contribution is -2.05. The minimum Gasteiger partial charge on any atom is -0.207 e. The van der Waals surface area contributed by atoms with Crippen molar-refractivity contribution in [3.8, 4) is 0 Å². The standard InChI is InChI=1S/C16H13BrF4/c1-10-2-7-13(18)9-14(10)15(17)8-11-3-5-12(6-4-11)16(19,20)21/h2-7,9,15H,8H2,1H3. The van der Waals surface area contributed by atoms with Crippen LogP contribution in [0.3, 0.4) is 0 Å². The number of benzene rings is 2. The van der Waals surface area contributed by atoms with E-state index in [2.05, 4.69) is 15.9 Å². The van der Waals surface area contributed by atoms with Gasteiger partial charge in [-0.1, -0.05) is 34.1 Å². The molecule has 0 amide bonds. The van der Waals surface area contributed by atoms with Gasteiger partial charge in [0.2, 0.25) is 0 Å². The molecule has 5 heteroatoms. The van der Waals surface area contributed by atoms with Crippen LogP contribution in [0.5, 0.6) is 0 Å². The Labute approximate surface area is 128 Å². The zero-order valence-electron chi connectivity index (χ0n) is 11.2. The monoisotopic (exact) mass is 360 g/mol. The average molecular weight is 361 g/mol. The van der Waals surface area contributed by atoms with Crippen molar-refractivity contribution in [3.05, 3.63) is 70.5 Å². The van der Waals surface area contributed by atoms with Crippen LogP contribution >= 0.6 is 15.9 Å². The Morgan fingerprint density at radius 3 is 2.24 bits per heavy atom. The normalized spacial score (nSPS) is 13.2. The van der Waals surface area contributed by atoms with Crippen molar-refractivity contribution in [2.75, 3.05) is 0 Å².